The van der Waals surface area contributed by atoms with Gasteiger partial charge < -0.3 is 9.52 Å². The molecule has 2 heterocycles. The monoisotopic (exact) mass is 299 g/mol. The van der Waals surface area contributed by atoms with Crippen molar-refractivity contribution in [2.75, 3.05) is 0 Å². The number of carbonyl (C=O) groups excluding carboxylic acids is 2. The van der Waals surface area contributed by atoms with E-state index in [0.717, 1.165) is 4.90 Å². The van der Waals surface area contributed by atoms with Gasteiger partial charge in [0, 0.05) is 5.56 Å². The van der Waals surface area contributed by atoms with E-state index in [2.05, 4.69) is 0 Å². The number of hydrogen-bond acceptors (Lipinski definition) is 4. The quantitative estimate of drug-likeness (QED) is 0.873. The molecular formula is C16H13NO5. The molecule has 1 N–H and O–H groups in total. The number of fused-ring (bicyclic) bond motifs is 1. The van der Waals surface area contributed by atoms with Gasteiger partial charge in [0.15, 0.2) is 0 Å². The van der Waals surface area contributed by atoms with Gasteiger partial charge in [0.05, 0.1) is 25.1 Å². The molecule has 0 saturated carbocycles. The Bertz CT molecular complexity index is 735. The van der Waals surface area contributed by atoms with E-state index in [9.17, 15) is 14.4 Å². The Morgan fingerprint density at radius 3 is 2.64 bits per heavy atom. The lowest BCUT2D eigenvalue weighted by molar-refractivity contribution is -0.141. The highest BCUT2D eigenvalue weighted by atomic mass is 16.4. The third kappa shape index (κ3) is 2.39. The largest absolute Gasteiger partial charge is 0.481 e. The molecule has 1 unspecified atom stereocenters. The Kier molecular flexibility index (Phi) is 3.50. The van der Waals surface area contributed by atoms with Crippen molar-refractivity contribution >= 4 is 17.8 Å². The van der Waals surface area contributed by atoms with Gasteiger partial charge in [-0.15, -0.1) is 0 Å². The van der Waals surface area contributed by atoms with Crippen LogP contribution in [0.1, 0.15) is 34.0 Å². The van der Waals surface area contributed by atoms with Crippen LogP contribution in [-0.2, 0) is 16.1 Å². The van der Waals surface area contributed by atoms with Gasteiger partial charge >= 0.3 is 5.97 Å². The minimum absolute atomic E-state index is 0.00484. The highest BCUT2D eigenvalue weighted by Crippen LogP contribution is 2.32. The van der Waals surface area contributed by atoms with Crippen LogP contribution in [-0.4, -0.2) is 27.8 Å². The molecule has 1 aromatic carbocycles. The molecule has 6 heteroatoms. The van der Waals surface area contributed by atoms with Gasteiger partial charge in [-0.05, 0) is 23.8 Å². The molecule has 2 amide bonds. The molecule has 0 saturated heterocycles. The average Bonchev–Trinajstić information content (AvgIpc) is 3.01. The highest BCUT2D eigenvalue weighted by molar-refractivity contribution is 6.12. The number of rotatable bonds is 4. The molecule has 1 aliphatic rings. The van der Waals surface area contributed by atoms with Gasteiger partial charge in [-0.25, -0.2) is 0 Å². The Hall–Kier alpha value is -2.89. The molecule has 0 bridgehead atoms. The van der Waals surface area contributed by atoms with Crippen molar-refractivity contribution in [2.45, 2.75) is 18.9 Å². The van der Waals surface area contributed by atoms with Crippen molar-refractivity contribution in [2.24, 2.45) is 0 Å². The smallest absolute Gasteiger partial charge is 0.304 e. The lowest BCUT2D eigenvalue weighted by atomic mass is 9.86. The van der Waals surface area contributed by atoms with Crippen LogP contribution < -0.4 is 0 Å². The summed E-state index contributed by atoms with van der Waals surface area (Å²) in [4.78, 5) is 37.2. The molecule has 1 aliphatic heterocycles. The molecule has 0 spiro atoms. The van der Waals surface area contributed by atoms with E-state index in [4.69, 9.17) is 9.52 Å². The summed E-state index contributed by atoms with van der Waals surface area (Å²) in [6, 6.07) is 9.94. The lowest BCUT2D eigenvalue weighted by Crippen LogP contribution is -2.44. The fourth-order valence-corrected chi connectivity index (χ4v) is 2.64. The van der Waals surface area contributed by atoms with Crippen LogP contribution in [0.2, 0.25) is 0 Å². The van der Waals surface area contributed by atoms with Gasteiger partial charge in [0.1, 0.15) is 5.76 Å². The molecule has 6 nitrogen and oxygen atoms in total. The number of carboxylic acid groups (broad SMARTS) is 1. The first kappa shape index (κ1) is 14.1. The van der Waals surface area contributed by atoms with Crippen molar-refractivity contribution < 1.29 is 23.9 Å². The second kappa shape index (κ2) is 5.48. The van der Waals surface area contributed by atoms with Crippen LogP contribution in [0.25, 0.3) is 0 Å². The standard InChI is InChI=1S/C16H13NO5/c18-14(19)8-13-11-5-1-2-6-12(11)15(20)17(16(13)21)9-10-4-3-7-22-10/h1-7,13H,8-9H2,(H,18,19). The van der Waals surface area contributed by atoms with Crippen LogP contribution in [0.3, 0.4) is 0 Å². The number of imide groups is 1. The number of furan rings is 1. The van der Waals surface area contributed by atoms with E-state index in [1.165, 1.54) is 6.26 Å². The van der Waals surface area contributed by atoms with E-state index >= 15 is 0 Å². The topological polar surface area (TPSA) is 87.8 Å². The van der Waals surface area contributed by atoms with E-state index in [1.807, 2.05) is 0 Å². The molecule has 0 fully saturated rings. The first-order valence-electron chi connectivity index (χ1n) is 6.76. The Balaban J connectivity index is 2.01. The summed E-state index contributed by atoms with van der Waals surface area (Å²) in [5.74, 6) is -2.42. The van der Waals surface area contributed by atoms with Gasteiger partial charge in [-0.1, -0.05) is 18.2 Å². The number of nitrogens with zero attached hydrogens (tertiary/aromatic N) is 1. The van der Waals surface area contributed by atoms with Crippen LogP contribution in [0.4, 0.5) is 0 Å². The maximum Gasteiger partial charge on any atom is 0.304 e. The zero-order valence-corrected chi connectivity index (χ0v) is 11.6. The Morgan fingerprint density at radius 1 is 1.18 bits per heavy atom. The second-order valence-corrected chi connectivity index (χ2v) is 5.05. The summed E-state index contributed by atoms with van der Waals surface area (Å²) in [7, 11) is 0. The van der Waals surface area contributed by atoms with Crippen LogP contribution in [0.5, 0.6) is 0 Å². The summed E-state index contributed by atoms with van der Waals surface area (Å²) in [5, 5.41) is 9.04. The van der Waals surface area contributed by atoms with E-state index in [1.54, 1.807) is 36.4 Å². The van der Waals surface area contributed by atoms with Crippen molar-refractivity contribution in [1.82, 2.24) is 4.90 Å². The van der Waals surface area contributed by atoms with Gasteiger partial charge in [0.2, 0.25) is 5.91 Å². The van der Waals surface area contributed by atoms with Crippen LogP contribution in [0, 0.1) is 0 Å². The van der Waals surface area contributed by atoms with E-state index in [0.29, 0.717) is 16.9 Å². The fraction of sp³-hybridized carbons (Fsp3) is 0.188. The summed E-state index contributed by atoms with van der Waals surface area (Å²) in [5.41, 5.74) is 0.829. The summed E-state index contributed by atoms with van der Waals surface area (Å²) >= 11 is 0. The van der Waals surface area contributed by atoms with Crippen LogP contribution >= 0.6 is 0 Å². The zero-order valence-electron chi connectivity index (χ0n) is 11.6. The minimum Gasteiger partial charge on any atom is -0.481 e. The molecule has 0 aliphatic carbocycles. The third-order valence-electron chi connectivity index (χ3n) is 3.65. The maximum atomic E-state index is 12.6. The third-order valence-corrected chi connectivity index (χ3v) is 3.65. The number of carbonyl (C=O) groups is 3. The lowest BCUT2D eigenvalue weighted by Gasteiger charge is -2.31. The number of amides is 2. The van der Waals surface area contributed by atoms with Crippen molar-refractivity contribution in [1.29, 1.82) is 0 Å². The average molecular weight is 299 g/mol. The molecule has 1 aromatic heterocycles. The fourth-order valence-electron chi connectivity index (χ4n) is 2.64. The summed E-state index contributed by atoms with van der Waals surface area (Å²) in [6.07, 6.45) is 1.11. The molecule has 22 heavy (non-hydrogen) atoms. The predicted molar refractivity (Wildman–Crippen MR) is 75.0 cm³/mol. The summed E-state index contributed by atoms with van der Waals surface area (Å²) in [6.45, 7) is -0.00484. The van der Waals surface area contributed by atoms with Gasteiger partial charge in [0.25, 0.3) is 5.91 Å². The Labute approximate surface area is 126 Å². The molecule has 112 valence electrons. The Morgan fingerprint density at radius 2 is 1.95 bits per heavy atom. The normalized spacial score (nSPS) is 17.5. The molecular weight excluding hydrogens is 286 g/mol. The maximum absolute atomic E-state index is 12.6. The van der Waals surface area contributed by atoms with Gasteiger partial charge in [-0.2, -0.15) is 0 Å². The second-order valence-electron chi connectivity index (χ2n) is 5.05. The van der Waals surface area contributed by atoms with Crippen LogP contribution in [0.15, 0.2) is 47.1 Å². The zero-order chi connectivity index (χ0) is 15.7. The first-order valence-corrected chi connectivity index (χ1v) is 6.76. The van der Waals surface area contributed by atoms with Crippen molar-refractivity contribution in [3.05, 3.63) is 59.5 Å². The number of aliphatic carboxylic acids is 1. The minimum atomic E-state index is -1.08. The molecule has 3 rings (SSSR count). The van der Waals surface area contributed by atoms with E-state index in [-0.39, 0.29) is 13.0 Å². The van der Waals surface area contributed by atoms with Crippen molar-refractivity contribution in [3.63, 3.8) is 0 Å². The van der Waals surface area contributed by atoms with E-state index < -0.39 is 23.7 Å². The molecule has 0 radical (unpaired) electrons. The van der Waals surface area contributed by atoms with Crippen molar-refractivity contribution in [3.8, 4) is 0 Å². The molecule has 2 aromatic rings. The molecule has 1 atom stereocenters. The first-order chi connectivity index (χ1) is 10.6. The van der Waals surface area contributed by atoms with Gasteiger partial charge in [-0.3, -0.25) is 19.3 Å². The SMILES string of the molecule is O=C(O)CC1C(=O)N(Cc2ccco2)C(=O)c2ccccc21. The summed E-state index contributed by atoms with van der Waals surface area (Å²) < 4.78 is 5.17. The number of hydrogen-bond donors (Lipinski definition) is 1. The number of benzene rings is 1. The predicted octanol–water partition coefficient (Wildman–Crippen LogP) is 2.02. The highest BCUT2D eigenvalue weighted by Gasteiger charge is 2.39. The number of carboxylic acids is 1.